The van der Waals surface area contributed by atoms with Crippen LogP contribution < -0.4 is 11.1 Å². The van der Waals surface area contributed by atoms with Crippen LogP contribution in [0.5, 0.6) is 0 Å². The van der Waals surface area contributed by atoms with Crippen LogP contribution in [0.2, 0.25) is 5.02 Å². The number of thiocarbonyl (C=S) groups is 1. The van der Waals surface area contributed by atoms with Crippen LogP contribution in [0.25, 0.3) is 10.8 Å². The van der Waals surface area contributed by atoms with Crippen molar-refractivity contribution in [2.24, 2.45) is 5.73 Å². The van der Waals surface area contributed by atoms with E-state index in [0.717, 1.165) is 27.0 Å². The molecule has 0 aliphatic rings. The van der Waals surface area contributed by atoms with E-state index in [2.05, 4.69) is 21.3 Å². The highest BCUT2D eigenvalue weighted by Crippen LogP contribution is 2.19. The van der Waals surface area contributed by atoms with Gasteiger partial charge in [-0.25, -0.2) is 0 Å². The highest BCUT2D eigenvalue weighted by atomic mass is 35.5. The van der Waals surface area contributed by atoms with E-state index in [4.69, 9.17) is 29.6 Å². The van der Waals surface area contributed by atoms with Crippen LogP contribution in [0.15, 0.2) is 60.9 Å². The van der Waals surface area contributed by atoms with Gasteiger partial charge < -0.3 is 16.0 Å². The molecule has 0 unspecified atom stereocenters. The molecule has 0 saturated carbocycles. The molecule has 25 heavy (non-hydrogen) atoms. The molecule has 3 N–H and O–H groups in total. The van der Waals surface area contributed by atoms with Crippen LogP contribution in [0.3, 0.4) is 0 Å². The van der Waals surface area contributed by atoms with E-state index in [-0.39, 0.29) is 0 Å². The van der Waals surface area contributed by atoms with Gasteiger partial charge in [-0.05, 0) is 53.5 Å². The van der Waals surface area contributed by atoms with Crippen LogP contribution >= 0.6 is 23.8 Å². The fourth-order valence-corrected chi connectivity index (χ4v) is 2.98. The summed E-state index contributed by atoms with van der Waals surface area (Å²) in [4.78, 5) is 6.18. The Balaban J connectivity index is 1.73. The minimum Gasteiger partial charge on any atom is -0.343 e. The largest absolute Gasteiger partial charge is 0.343 e. The average Bonchev–Trinajstić information content (AvgIpc) is 2.63. The van der Waals surface area contributed by atoms with E-state index >= 15 is 0 Å². The van der Waals surface area contributed by atoms with Crippen molar-refractivity contribution >= 4 is 45.4 Å². The van der Waals surface area contributed by atoms with E-state index in [1.807, 2.05) is 48.7 Å². The number of aromatic nitrogens is 1. The van der Waals surface area contributed by atoms with Gasteiger partial charge >= 0.3 is 0 Å². The number of pyridine rings is 1. The summed E-state index contributed by atoms with van der Waals surface area (Å²) in [6, 6.07) is 15.8. The molecule has 0 fully saturated rings. The third kappa shape index (κ3) is 4.66. The zero-order valence-corrected chi connectivity index (χ0v) is 15.2. The van der Waals surface area contributed by atoms with Gasteiger partial charge in [0.05, 0.1) is 0 Å². The van der Waals surface area contributed by atoms with Crippen molar-refractivity contribution in [3.63, 3.8) is 0 Å². The molecule has 3 rings (SSSR count). The van der Waals surface area contributed by atoms with Crippen molar-refractivity contribution in [2.75, 3.05) is 18.4 Å². The molecule has 0 atom stereocenters. The molecule has 0 aliphatic heterocycles. The maximum Gasteiger partial charge on any atom is 0.173 e. The van der Waals surface area contributed by atoms with E-state index in [1.54, 1.807) is 6.20 Å². The maximum absolute atomic E-state index is 5.95. The SMILES string of the molecule is NCCN(Cc1ccc(Cl)cc1)C(=S)Nc1ccc2cnccc2c1. The number of nitrogens with two attached hydrogens (primary N) is 1. The highest BCUT2D eigenvalue weighted by molar-refractivity contribution is 7.80. The molecular formula is C19H19ClN4S. The Hall–Kier alpha value is -2.21. The monoisotopic (exact) mass is 370 g/mol. The van der Waals surface area contributed by atoms with Gasteiger partial charge in [-0.15, -0.1) is 0 Å². The molecule has 0 spiro atoms. The Morgan fingerprint density at radius 1 is 1.12 bits per heavy atom. The van der Waals surface area contributed by atoms with Gasteiger partial charge in [-0.2, -0.15) is 0 Å². The zero-order valence-electron chi connectivity index (χ0n) is 13.7. The second kappa shape index (κ2) is 8.25. The third-order valence-corrected chi connectivity index (χ3v) is 4.48. The maximum atomic E-state index is 5.95. The van der Waals surface area contributed by atoms with E-state index < -0.39 is 0 Å². The van der Waals surface area contributed by atoms with Gasteiger partial charge in [0, 0.05) is 48.1 Å². The topological polar surface area (TPSA) is 54.2 Å². The molecule has 4 nitrogen and oxygen atoms in total. The summed E-state index contributed by atoms with van der Waals surface area (Å²) in [6.45, 7) is 1.88. The van der Waals surface area contributed by atoms with E-state index in [9.17, 15) is 0 Å². The summed E-state index contributed by atoms with van der Waals surface area (Å²) < 4.78 is 0. The second-order valence-corrected chi connectivity index (χ2v) is 6.53. The number of nitrogens with one attached hydrogen (secondary N) is 1. The Labute approximate surface area is 157 Å². The van der Waals surface area contributed by atoms with Gasteiger partial charge in [0.15, 0.2) is 5.11 Å². The Bertz CT molecular complexity index is 867. The summed E-state index contributed by atoms with van der Waals surface area (Å²) in [6.07, 6.45) is 3.63. The smallest absolute Gasteiger partial charge is 0.173 e. The fourth-order valence-electron chi connectivity index (χ4n) is 2.58. The molecule has 1 heterocycles. The molecular weight excluding hydrogens is 352 g/mol. The molecule has 6 heteroatoms. The summed E-state index contributed by atoms with van der Waals surface area (Å²) >= 11 is 11.5. The predicted molar refractivity (Wildman–Crippen MR) is 109 cm³/mol. The van der Waals surface area contributed by atoms with Crippen molar-refractivity contribution < 1.29 is 0 Å². The Morgan fingerprint density at radius 2 is 1.92 bits per heavy atom. The first-order chi connectivity index (χ1) is 12.2. The van der Waals surface area contributed by atoms with Gasteiger partial charge in [0.25, 0.3) is 0 Å². The number of fused-ring (bicyclic) bond motifs is 1. The number of rotatable bonds is 5. The van der Waals surface area contributed by atoms with Gasteiger partial charge in [0.2, 0.25) is 0 Å². The van der Waals surface area contributed by atoms with Crippen LogP contribution in [0, 0.1) is 0 Å². The number of benzene rings is 2. The minimum absolute atomic E-state index is 0.527. The van der Waals surface area contributed by atoms with Crippen molar-refractivity contribution in [1.29, 1.82) is 0 Å². The van der Waals surface area contributed by atoms with Gasteiger partial charge in [-0.3, -0.25) is 4.98 Å². The molecule has 0 aliphatic carbocycles. The van der Waals surface area contributed by atoms with E-state index in [0.29, 0.717) is 24.7 Å². The molecule has 1 aromatic heterocycles. The van der Waals surface area contributed by atoms with E-state index in [1.165, 1.54) is 0 Å². The number of hydrogen-bond donors (Lipinski definition) is 2. The minimum atomic E-state index is 0.527. The first kappa shape index (κ1) is 17.6. The number of halogens is 1. The molecule has 0 radical (unpaired) electrons. The quantitative estimate of drug-likeness (QED) is 0.664. The molecule has 3 aromatic rings. The van der Waals surface area contributed by atoms with Crippen molar-refractivity contribution in [2.45, 2.75) is 6.54 Å². The molecule has 2 aromatic carbocycles. The zero-order chi connectivity index (χ0) is 17.6. The predicted octanol–water partition coefficient (Wildman–Crippen LogP) is 4.05. The lowest BCUT2D eigenvalue weighted by Gasteiger charge is -2.25. The summed E-state index contributed by atoms with van der Waals surface area (Å²) in [5, 5.41) is 6.89. The number of nitrogens with zero attached hydrogens (tertiary/aromatic N) is 2. The van der Waals surface area contributed by atoms with Crippen molar-refractivity contribution in [3.05, 3.63) is 71.5 Å². The second-order valence-electron chi connectivity index (χ2n) is 5.70. The number of hydrogen-bond acceptors (Lipinski definition) is 3. The average molecular weight is 371 g/mol. The van der Waals surface area contributed by atoms with Crippen LogP contribution in [-0.4, -0.2) is 28.1 Å². The highest BCUT2D eigenvalue weighted by Gasteiger charge is 2.10. The lowest BCUT2D eigenvalue weighted by atomic mass is 10.1. The summed E-state index contributed by atoms with van der Waals surface area (Å²) in [7, 11) is 0. The first-order valence-corrected chi connectivity index (χ1v) is 8.78. The lowest BCUT2D eigenvalue weighted by molar-refractivity contribution is 0.429. The van der Waals surface area contributed by atoms with Crippen molar-refractivity contribution in [1.82, 2.24) is 9.88 Å². The van der Waals surface area contributed by atoms with Crippen LogP contribution in [0.4, 0.5) is 5.69 Å². The lowest BCUT2D eigenvalue weighted by Crippen LogP contribution is -2.37. The molecule has 0 saturated heterocycles. The molecule has 0 bridgehead atoms. The number of anilines is 1. The Kier molecular flexibility index (Phi) is 5.81. The van der Waals surface area contributed by atoms with Crippen molar-refractivity contribution in [3.8, 4) is 0 Å². The standard InChI is InChI=1S/C19H19ClN4S/c20-17-4-1-14(2-5-17)13-24(10-8-21)19(25)23-18-6-3-16-12-22-9-7-15(16)11-18/h1-7,9,11-12H,8,10,13,21H2,(H,23,25). The van der Waals surface area contributed by atoms with Crippen LogP contribution in [0.1, 0.15) is 5.56 Å². The van der Waals surface area contributed by atoms with Gasteiger partial charge in [0.1, 0.15) is 0 Å². The van der Waals surface area contributed by atoms with Gasteiger partial charge in [-0.1, -0.05) is 29.8 Å². The first-order valence-electron chi connectivity index (χ1n) is 8.00. The Morgan fingerprint density at radius 3 is 2.68 bits per heavy atom. The summed E-state index contributed by atoms with van der Waals surface area (Å²) in [5.41, 5.74) is 7.83. The normalized spacial score (nSPS) is 10.6. The van der Waals surface area contributed by atoms with Crippen LogP contribution in [-0.2, 0) is 6.54 Å². The summed E-state index contributed by atoms with van der Waals surface area (Å²) in [5.74, 6) is 0. The fraction of sp³-hybridized carbons (Fsp3) is 0.158. The third-order valence-electron chi connectivity index (χ3n) is 3.86. The molecule has 128 valence electrons. The molecule has 0 amide bonds.